The smallest absolute Gasteiger partial charge is 0.0457 e. The molecule has 0 saturated carbocycles. The lowest BCUT2D eigenvalue weighted by Crippen LogP contribution is -2.16. The Morgan fingerprint density at radius 3 is 1.88 bits per heavy atom. The Morgan fingerprint density at radius 2 is 1.56 bits per heavy atom. The van der Waals surface area contributed by atoms with E-state index in [-0.39, 0.29) is 10.8 Å². The standard InChI is InChI=1S/C15H27N/c1-8-9-11-10-12(14(2,3)4)13(16-11)15(5,6)7/h8-10H2,1-7H3. The summed E-state index contributed by atoms with van der Waals surface area (Å²) in [5.41, 5.74) is 4.70. The van der Waals surface area contributed by atoms with Crippen molar-refractivity contribution in [2.24, 2.45) is 15.8 Å². The van der Waals surface area contributed by atoms with Crippen LogP contribution in [0, 0.1) is 10.8 Å². The molecule has 0 aromatic carbocycles. The molecule has 16 heavy (non-hydrogen) atoms. The van der Waals surface area contributed by atoms with Crippen LogP contribution in [0.2, 0.25) is 0 Å². The van der Waals surface area contributed by atoms with Crippen molar-refractivity contribution in [3.63, 3.8) is 0 Å². The van der Waals surface area contributed by atoms with Gasteiger partial charge < -0.3 is 0 Å². The van der Waals surface area contributed by atoms with Gasteiger partial charge in [0.05, 0.1) is 0 Å². The third-order valence-corrected chi connectivity index (χ3v) is 3.09. The summed E-state index contributed by atoms with van der Waals surface area (Å²) in [6.07, 6.45) is 3.46. The molecular weight excluding hydrogens is 194 g/mol. The Labute approximate surface area is 101 Å². The van der Waals surface area contributed by atoms with Gasteiger partial charge in [0.1, 0.15) is 0 Å². The molecule has 1 aliphatic rings. The van der Waals surface area contributed by atoms with Crippen LogP contribution in [0.15, 0.2) is 16.3 Å². The maximum atomic E-state index is 4.89. The highest BCUT2D eigenvalue weighted by Gasteiger charge is 2.32. The highest BCUT2D eigenvalue weighted by molar-refractivity contribution is 5.90. The second-order valence-corrected chi connectivity index (χ2v) is 6.93. The van der Waals surface area contributed by atoms with E-state index in [1.54, 1.807) is 5.57 Å². The van der Waals surface area contributed by atoms with Crippen molar-refractivity contribution in [3.8, 4) is 0 Å². The van der Waals surface area contributed by atoms with Gasteiger partial charge in [0, 0.05) is 23.2 Å². The largest absolute Gasteiger partial charge is 0.261 e. The van der Waals surface area contributed by atoms with Crippen LogP contribution in [0.4, 0.5) is 0 Å². The van der Waals surface area contributed by atoms with Crippen LogP contribution in [0.5, 0.6) is 0 Å². The van der Waals surface area contributed by atoms with Crippen LogP contribution in [0.3, 0.4) is 0 Å². The monoisotopic (exact) mass is 221 g/mol. The Morgan fingerprint density at radius 1 is 1.00 bits per heavy atom. The lowest BCUT2D eigenvalue weighted by atomic mass is 9.78. The topological polar surface area (TPSA) is 12.4 Å². The fourth-order valence-corrected chi connectivity index (χ4v) is 2.23. The molecule has 1 rings (SSSR count). The zero-order valence-corrected chi connectivity index (χ0v) is 12.1. The molecule has 1 heteroatoms. The molecule has 1 aliphatic heterocycles. The number of allylic oxidation sites excluding steroid dienone is 2. The quantitative estimate of drug-likeness (QED) is 0.623. The van der Waals surface area contributed by atoms with Crippen molar-refractivity contribution >= 4 is 5.71 Å². The van der Waals surface area contributed by atoms with Crippen LogP contribution in [-0.2, 0) is 0 Å². The van der Waals surface area contributed by atoms with E-state index in [1.807, 2.05) is 0 Å². The van der Waals surface area contributed by atoms with Gasteiger partial charge >= 0.3 is 0 Å². The summed E-state index contributed by atoms with van der Waals surface area (Å²) < 4.78 is 0. The first-order valence-corrected chi connectivity index (χ1v) is 6.46. The summed E-state index contributed by atoms with van der Waals surface area (Å²) in [7, 11) is 0. The summed E-state index contributed by atoms with van der Waals surface area (Å²) in [4.78, 5) is 4.89. The second kappa shape index (κ2) is 4.35. The molecule has 0 aromatic heterocycles. The summed E-state index contributed by atoms with van der Waals surface area (Å²) in [6, 6.07) is 0. The minimum atomic E-state index is 0.179. The average molecular weight is 221 g/mol. The van der Waals surface area contributed by atoms with E-state index >= 15 is 0 Å². The molecule has 0 unspecified atom stereocenters. The maximum absolute atomic E-state index is 4.89. The molecule has 0 saturated heterocycles. The number of hydrogen-bond acceptors (Lipinski definition) is 1. The lowest BCUT2D eigenvalue weighted by Gasteiger charge is -2.27. The molecule has 0 aliphatic carbocycles. The first kappa shape index (κ1) is 13.5. The van der Waals surface area contributed by atoms with Gasteiger partial charge in [-0.15, -0.1) is 0 Å². The van der Waals surface area contributed by atoms with E-state index in [0.717, 1.165) is 12.8 Å². The lowest BCUT2D eigenvalue weighted by molar-refractivity contribution is 0.443. The van der Waals surface area contributed by atoms with Gasteiger partial charge in [0.15, 0.2) is 0 Å². The first-order chi connectivity index (χ1) is 7.16. The minimum Gasteiger partial charge on any atom is -0.261 e. The molecule has 0 atom stereocenters. The van der Waals surface area contributed by atoms with Gasteiger partial charge in [0.25, 0.3) is 0 Å². The summed E-state index contributed by atoms with van der Waals surface area (Å²) in [6.45, 7) is 16.0. The summed E-state index contributed by atoms with van der Waals surface area (Å²) >= 11 is 0. The zero-order chi connectivity index (χ0) is 12.6. The van der Waals surface area contributed by atoms with Crippen molar-refractivity contribution in [1.29, 1.82) is 0 Å². The first-order valence-electron chi connectivity index (χ1n) is 6.46. The fraction of sp³-hybridized carbons (Fsp3) is 0.800. The third kappa shape index (κ3) is 2.96. The molecule has 0 aromatic rings. The van der Waals surface area contributed by atoms with E-state index in [2.05, 4.69) is 48.5 Å². The Hall–Kier alpha value is -0.590. The van der Waals surface area contributed by atoms with Crippen molar-refractivity contribution in [2.45, 2.75) is 67.7 Å². The normalized spacial score (nSPS) is 18.1. The highest BCUT2D eigenvalue weighted by Crippen LogP contribution is 2.43. The van der Waals surface area contributed by atoms with Crippen LogP contribution in [0.1, 0.15) is 67.7 Å². The van der Waals surface area contributed by atoms with Crippen molar-refractivity contribution in [2.75, 3.05) is 0 Å². The summed E-state index contributed by atoms with van der Waals surface area (Å²) in [5, 5.41) is 0. The predicted octanol–water partition coefficient (Wildman–Crippen LogP) is 4.98. The van der Waals surface area contributed by atoms with Crippen molar-refractivity contribution < 1.29 is 0 Å². The van der Waals surface area contributed by atoms with Gasteiger partial charge in [-0.25, -0.2) is 0 Å². The second-order valence-electron chi connectivity index (χ2n) is 6.93. The molecule has 0 spiro atoms. The molecule has 0 bridgehead atoms. The van der Waals surface area contributed by atoms with Gasteiger partial charge in [-0.3, -0.25) is 4.99 Å². The van der Waals surface area contributed by atoms with Gasteiger partial charge in [-0.2, -0.15) is 0 Å². The predicted molar refractivity (Wildman–Crippen MR) is 72.9 cm³/mol. The Kier molecular flexibility index (Phi) is 3.66. The van der Waals surface area contributed by atoms with E-state index in [1.165, 1.54) is 17.8 Å². The molecule has 0 fully saturated rings. The van der Waals surface area contributed by atoms with E-state index in [9.17, 15) is 0 Å². The average Bonchev–Trinajstić information content (AvgIpc) is 2.47. The Balaban J connectivity index is 3.07. The Bertz CT molecular complexity index is 318. The van der Waals surface area contributed by atoms with Crippen LogP contribution in [0.25, 0.3) is 0 Å². The van der Waals surface area contributed by atoms with Crippen molar-refractivity contribution in [1.82, 2.24) is 0 Å². The number of nitrogens with zero attached hydrogens (tertiary/aromatic N) is 1. The molecule has 1 nitrogen and oxygen atoms in total. The number of aliphatic imine (C=N–C) groups is 1. The molecular formula is C15H27N. The maximum Gasteiger partial charge on any atom is 0.0457 e. The zero-order valence-electron chi connectivity index (χ0n) is 12.1. The van der Waals surface area contributed by atoms with E-state index < -0.39 is 0 Å². The van der Waals surface area contributed by atoms with Crippen LogP contribution in [-0.4, -0.2) is 5.71 Å². The molecule has 92 valence electrons. The molecule has 0 N–H and O–H groups in total. The molecule has 1 heterocycles. The highest BCUT2D eigenvalue weighted by atomic mass is 14.8. The number of rotatable bonds is 2. The van der Waals surface area contributed by atoms with Crippen LogP contribution >= 0.6 is 0 Å². The SMILES string of the molecule is CCCC1=NC(C(C)(C)C)=C(C(C)(C)C)C1. The molecule has 0 radical (unpaired) electrons. The fourth-order valence-electron chi connectivity index (χ4n) is 2.23. The molecule has 0 amide bonds. The van der Waals surface area contributed by atoms with Gasteiger partial charge in [0.2, 0.25) is 0 Å². The summed E-state index contributed by atoms with van der Waals surface area (Å²) in [5.74, 6) is 0. The number of hydrogen-bond donors (Lipinski definition) is 0. The van der Waals surface area contributed by atoms with E-state index in [4.69, 9.17) is 4.99 Å². The van der Waals surface area contributed by atoms with Gasteiger partial charge in [-0.05, 0) is 17.4 Å². The minimum absolute atomic E-state index is 0.179. The van der Waals surface area contributed by atoms with Crippen molar-refractivity contribution in [3.05, 3.63) is 11.3 Å². The third-order valence-electron chi connectivity index (χ3n) is 3.09. The van der Waals surface area contributed by atoms with E-state index in [0.29, 0.717) is 0 Å². The van der Waals surface area contributed by atoms with Crippen LogP contribution < -0.4 is 0 Å². The van der Waals surface area contributed by atoms with Gasteiger partial charge in [-0.1, -0.05) is 54.9 Å².